The number of esters is 1. The molecule has 0 aromatic carbocycles. The highest BCUT2D eigenvalue weighted by atomic mass is 16.5. The number of ether oxygens (including phenoxy) is 1. The average Bonchev–Trinajstić information content (AvgIpc) is 2.72. The fourth-order valence-electron chi connectivity index (χ4n) is 1.42. The highest BCUT2D eigenvalue weighted by molar-refractivity contribution is 5.81. The molecule has 0 atom stereocenters. The fraction of sp³-hybridized carbons (Fsp3) is 0.583. The number of hydrogen-bond donors (Lipinski definition) is 0. The Hall–Kier alpha value is -1.65. The normalized spacial score (nSPS) is 11.0. The Kier molecular flexibility index (Phi) is 5.39. The van der Waals surface area contributed by atoms with E-state index in [0.717, 1.165) is 24.5 Å². The predicted octanol–water partition coefficient (Wildman–Crippen LogP) is 1.52. The lowest BCUT2D eigenvalue weighted by molar-refractivity contribution is -0.137. The molecular weight excluding hydrogens is 218 g/mol. The van der Waals surface area contributed by atoms with Gasteiger partial charge in [-0.25, -0.2) is 14.5 Å². The van der Waals surface area contributed by atoms with E-state index in [-0.39, 0.29) is 5.97 Å². The highest BCUT2D eigenvalue weighted by Crippen LogP contribution is 2.01. The molecule has 0 aliphatic carbocycles. The number of nitrogens with zero attached hydrogens (tertiary/aromatic N) is 3. The largest absolute Gasteiger partial charge is 0.463 e. The zero-order valence-electron chi connectivity index (χ0n) is 10.6. The second-order valence-electron chi connectivity index (χ2n) is 3.49. The minimum absolute atomic E-state index is 0.318. The van der Waals surface area contributed by atoms with Gasteiger partial charge < -0.3 is 4.74 Å². The molecule has 0 radical (unpaired) electrons. The summed E-state index contributed by atoms with van der Waals surface area (Å²) < 4.78 is 6.61. The number of carbonyl (C=O) groups is 1. The van der Waals surface area contributed by atoms with Crippen LogP contribution in [0, 0.1) is 0 Å². The molecule has 0 bridgehead atoms. The van der Waals surface area contributed by atoms with Crippen molar-refractivity contribution in [3.63, 3.8) is 0 Å². The molecule has 5 nitrogen and oxygen atoms in total. The summed E-state index contributed by atoms with van der Waals surface area (Å²) in [6.07, 6.45) is 4.82. The van der Waals surface area contributed by atoms with Crippen LogP contribution in [0.4, 0.5) is 0 Å². The lowest BCUT2D eigenvalue weighted by atomic mass is 10.4. The molecule has 94 valence electrons. The van der Waals surface area contributed by atoms with Gasteiger partial charge in [0.25, 0.3) is 0 Å². The van der Waals surface area contributed by atoms with Crippen LogP contribution in [0.2, 0.25) is 0 Å². The van der Waals surface area contributed by atoms with Crippen molar-refractivity contribution in [2.45, 2.75) is 40.2 Å². The topological polar surface area (TPSA) is 57.0 Å². The van der Waals surface area contributed by atoms with E-state index >= 15 is 0 Å². The molecule has 1 rings (SSSR count). The van der Waals surface area contributed by atoms with E-state index in [4.69, 9.17) is 4.74 Å². The third-order valence-electron chi connectivity index (χ3n) is 2.24. The van der Waals surface area contributed by atoms with Gasteiger partial charge >= 0.3 is 5.97 Å². The zero-order valence-corrected chi connectivity index (χ0v) is 10.6. The predicted molar refractivity (Wildman–Crippen MR) is 64.6 cm³/mol. The first kappa shape index (κ1) is 13.4. The van der Waals surface area contributed by atoms with Crippen LogP contribution in [-0.4, -0.2) is 27.3 Å². The van der Waals surface area contributed by atoms with Crippen LogP contribution in [0.25, 0.3) is 0 Å². The molecule has 1 heterocycles. The molecule has 0 aliphatic rings. The van der Waals surface area contributed by atoms with E-state index in [9.17, 15) is 4.79 Å². The smallest absolute Gasteiger partial charge is 0.330 e. The van der Waals surface area contributed by atoms with Crippen LogP contribution in [0.1, 0.15) is 32.4 Å². The van der Waals surface area contributed by atoms with Crippen LogP contribution in [-0.2, 0) is 28.9 Å². The minimum Gasteiger partial charge on any atom is -0.463 e. The number of carbonyl (C=O) groups excluding carboxylic acids is 1. The van der Waals surface area contributed by atoms with Gasteiger partial charge in [-0.1, -0.05) is 19.9 Å². The second kappa shape index (κ2) is 6.83. The van der Waals surface area contributed by atoms with Gasteiger partial charge in [0.2, 0.25) is 0 Å². The van der Waals surface area contributed by atoms with E-state index in [2.05, 4.69) is 10.1 Å². The van der Waals surface area contributed by atoms with Crippen molar-refractivity contribution in [3.8, 4) is 0 Å². The number of aryl methyl sites for hydroxylation is 2. The number of aromatic nitrogens is 3. The van der Waals surface area contributed by atoms with Crippen LogP contribution in [0.3, 0.4) is 0 Å². The first-order valence-electron chi connectivity index (χ1n) is 5.97. The Morgan fingerprint density at radius 3 is 2.71 bits per heavy atom. The molecule has 0 spiro atoms. The van der Waals surface area contributed by atoms with Gasteiger partial charge in [-0.05, 0) is 6.92 Å². The van der Waals surface area contributed by atoms with Crippen molar-refractivity contribution in [3.05, 3.63) is 23.8 Å². The molecule has 0 fully saturated rings. The summed E-state index contributed by atoms with van der Waals surface area (Å²) in [4.78, 5) is 15.5. The van der Waals surface area contributed by atoms with Crippen molar-refractivity contribution in [2.24, 2.45) is 0 Å². The molecule has 1 aromatic heterocycles. The summed E-state index contributed by atoms with van der Waals surface area (Å²) in [6, 6.07) is 0. The Balaban J connectivity index is 2.61. The van der Waals surface area contributed by atoms with E-state index in [1.165, 1.54) is 6.08 Å². The van der Waals surface area contributed by atoms with Gasteiger partial charge in [0, 0.05) is 18.9 Å². The fourth-order valence-corrected chi connectivity index (χ4v) is 1.42. The zero-order chi connectivity index (χ0) is 12.7. The van der Waals surface area contributed by atoms with E-state index < -0.39 is 0 Å². The van der Waals surface area contributed by atoms with Crippen LogP contribution >= 0.6 is 0 Å². The Labute approximate surface area is 101 Å². The van der Waals surface area contributed by atoms with Crippen molar-refractivity contribution in [1.29, 1.82) is 0 Å². The molecule has 17 heavy (non-hydrogen) atoms. The summed E-state index contributed by atoms with van der Waals surface area (Å²) in [5.74, 6) is 1.46. The number of rotatable bonds is 6. The van der Waals surface area contributed by atoms with E-state index in [0.29, 0.717) is 13.2 Å². The van der Waals surface area contributed by atoms with Crippen LogP contribution in [0.5, 0.6) is 0 Å². The summed E-state index contributed by atoms with van der Waals surface area (Å²) in [6.45, 7) is 6.79. The molecule has 0 unspecified atom stereocenters. The maximum Gasteiger partial charge on any atom is 0.330 e. The van der Waals surface area contributed by atoms with Crippen molar-refractivity contribution >= 4 is 5.97 Å². The van der Waals surface area contributed by atoms with Gasteiger partial charge in [-0.15, -0.1) is 0 Å². The average molecular weight is 237 g/mol. The van der Waals surface area contributed by atoms with Gasteiger partial charge in [-0.3, -0.25) is 0 Å². The van der Waals surface area contributed by atoms with Crippen LogP contribution in [0.15, 0.2) is 12.2 Å². The third kappa shape index (κ3) is 4.01. The Bertz CT molecular complexity index is 396. The number of allylic oxidation sites excluding steroid dienone is 1. The second-order valence-corrected chi connectivity index (χ2v) is 3.49. The van der Waals surface area contributed by atoms with Crippen molar-refractivity contribution in [1.82, 2.24) is 14.8 Å². The lowest BCUT2D eigenvalue weighted by Gasteiger charge is -1.99. The molecule has 0 amide bonds. The Morgan fingerprint density at radius 2 is 2.12 bits per heavy atom. The molecule has 5 heteroatoms. The molecule has 1 aromatic rings. The molecular formula is C12H19N3O2. The summed E-state index contributed by atoms with van der Waals surface area (Å²) >= 11 is 0. The van der Waals surface area contributed by atoms with E-state index in [1.54, 1.807) is 13.0 Å². The highest BCUT2D eigenvalue weighted by Gasteiger charge is 2.05. The molecule has 0 aliphatic heterocycles. The molecule has 0 saturated carbocycles. The minimum atomic E-state index is -0.318. The summed E-state index contributed by atoms with van der Waals surface area (Å²) in [5.41, 5.74) is 0. The first-order chi connectivity index (χ1) is 8.21. The number of hydrogen-bond acceptors (Lipinski definition) is 4. The summed E-state index contributed by atoms with van der Waals surface area (Å²) in [5, 5.41) is 4.34. The van der Waals surface area contributed by atoms with Crippen LogP contribution < -0.4 is 0 Å². The maximum absolute atomic E-state index is 11.1. The van der Waals surface area contributed by atoms with Gasteiger partial charge in [0.1, 0.15) is 5.82 Å². The SMILES string of the molecule is CCOC(=O)/C=C/Cn1nc(CC)nc1CC. The Morgan fingerprint density at radius 1 is 1.35 bits per heavy atom. The molecule has 0 N–H and O–H groups in total. The van der Waals surface area contributed by atoms with Gasteiger partial charge in [-0.2, -0.15) is 5.10 Å². The standard InChI is InChI=1S/C12H19N3O2/c1-4-10-13-11(5-2)15(14-10)9-7-8-12(16)17-6-3/h7-8H,4-6,9H2,1-3H3/b8-7+. The maximum atomic E-state index is 11.1. The van der Waals surface area contributed by atoms with Crippen molar-refractivity contribution in [2.75, 3.05) is 6.61 Å². The van der Waals surface area contributed by atoms with E-state index in [1.807, 2.05) is 18.5 Å². The quantitative estimate of drug-likeness (QED) is 0.556. The van der Waals surface area contributed by atoms with Crippen molar-refractivity contribution < 1.29 is 9.53 Å². The molecule has 0 saturated heterocycles. The van der Waals surface area contributed by atoms with Gasteiger partial charge in [0.15, 0.2) is 5.82 Å². The third-order valence-corrected chi connectivity index (χ3v) is 2.24. The summed E-state index contributed by atoms with van der Waals surface area (Å²) in [7, 11) is 0. The first-order valence-corrected chi connectivity index (χ1v) is 5.97. The van der Waals surface area contributed by atoms with Gasteiger partial charge in [0.05, 0.1) is 13.2 Å². The lowest BCUT2D eigenvalue weighted by Crippen LogP contribution is -2.05. The monoisotopic (exact) mass is 237 g/mol.